The standard InChI is InChI=1S/C17H18N2O4/c1-19(14(17(21)22)9-11-5-3-2-4-6-11)16(20)13-10-15(23-18-13)12-7-8-12/h2-6,10,12,14H,7-9H2,1H3,(H,21,22)/t14-/m1/s1. The lowest BCUT2D eigenvalue weighted by Crippen LogP contribution is -2.44. The average Bonchev–Trinajstić information content (AvgIpc) is 3.29. The van der Waals surface area contributed by atoms with Crippen LogP contribution in [-0.4, -0.2) is 40.1 Å². The van der Waals surface area contributed by atoms with Gasteiger partial charge in [-0.1, -0.05) is 35.5 Å². The summed E-state index contributed by atoms with van der Waals surface area (Å²) in [7, 11) is 1.48. The van der Waals surface area contributed by atoms with Crippen LogP contribution in [0.2, 0.25) is 0 Å². The number of hydrogen-bond acceptors (Lipinski definition) is 4. The quantitative estimate of drug-likeness (QED) is 0.884. The van der Waals surface area contributed by atoms with Gasteiger partial charge in [0.05, 0.1) is 0 Å². The molecule has 1 fully saturated rings. The minimum atomic E-state index is -1.05. The number of carboxylic acid groups (broad SMARTS) is 1. The van der Waals surface area contributed by atoms with Gasteiger partial charge in [0.2, 0.25) is 0 Å². The summed E-state index contributed by atoms with van der Waals surface area (Å²) >= 11 is 0. The predicted octanol–water partition coefficient (Wildman–Crippen LogP) is 2.32. The van der Waals surface area contributed by atoms with E-state index in [1.54, 1.807) is 6.07 Å². The van der Waals surface area contributed by atoms with Crippen LogP contribution in [0.3, 0.4) is 0 Å². The van der Waals surface area contributed by atoms with Gasteiger partial charge >= 0.3 is 5.97 Å². The largest absolute Gasteiger partial charge is 0.480 e. The van der Waals surface area contributed by atoms with Crippen molar-refractivity contribution in [2.75, 3.05) is 7.05 Å². The molecule has 1 aromatic heterocycles. The van der Waals surface area contributed by atoms with Crippen molar-refractivity contribution >= 4 is 11.9 Å². The second kappa shape index (κ2) is 6.24. The van der Waals surface area contributed by atoms with Crippen molar-refractivity contribution in [1.29, 1.82) is 0 Å². The van der Waals surface area contributed by atoms with Gasteiger partial charge in [-0.3, -0.25) is 4.79 Å². The Hall–Kier alpha value is -2.63. The summed E-state index contributed by atoms with van der Waals surface area (Å²) in [6.07, 6.45) is 2.33. The van der Waals surface area contributed by atoms with Crippen LogP contribution in [0.15, 0.2) is 40.9 Å². The Morgan fingerprint density at radius 2 is 2.04 bits per heavy atom. The van der Waals surface area contributed by atoms with Crippen LogP contribution in [-0.2, 0) is 11.2 Å². The molecule has 0 unspecified atom stereocenters. The van der Waals surface area contributed by atoms with E-state index in [1.165, 1.54) is 11.9 Å². The van der Waals surface area contributed by atoms with E-state index in [9.17, 15) is 14.7 Å². The minimum Gasteiger partial charge on any atom is -0.480 e. The van der Waals surface area contributed by atoms with E-state index < -0.39 is 17.9 Å². The molecule has 0 radical (unpaired) electrons. The summed E-state index contributed by atoms with van der Waals surface area (Å²) in [5, 5.41) is 13.3. The maximum Gasteiger partial charge on any atom is 0.326 e. The van der Waals surface area contributed by atoms with E-state index in [0.717, 1.165) is 18.4 Å². The highest BCUT2D eigenvalue weighted by molar-refractivity contribution is 5.94. The number of aliphatic carboxylic acids is 1. The molecule has 0 bridgehead atoms. The maximum atomic E-state index is 12.5. The third-order valence-corrected chi connectivity index (χ3v) is 4.07. The monoisotopic (exact) mass is 314 g/mol. The first-order valence-corrected chi connectivity index (χ1v) is 7.56. The summed E-state index contributed by atoms with van der Waals surface area (Å²) in [5.74, 6) is -0.426. The van der Waals surface area contributed by atoms with E-state index >= 15 is 0 Å². The van der Waals surface area contributed by atoms with Crippen LogP contribution < -0.4 is 0 Å². The van der Waals surface area contributed by atoms with Gasteiger partial charge < -0.3 is 14.5 Å². The molecule has 1 amide bonds. The third-order valence-electron chi connectivity index (χ3n) is 4.07. The Labute approximate surface area is 133 Å². The van der Waals surface area contributed by atoms with E-state index in [-0.39, 0.29) is 12.1 Å². The molecule has 1 atom stereocenters. The molecule has 6 nitrogen and oxygen atoms in total. The molecule has 6 heteroatoms. The zero-order valence-corrected chi connectivity index (χ0v) is 12.8. The fourth-order valence-corrected chi connectivity index (χ4v) is 2.50. The van der Waals surface area contributed by atoms with Crippen molar-refractivity contribution in [1.82, 2.24) is 10.1 Å². The number of carboxylic acids is 1. The predicted molar refractivity (Wildman–Crippen MR) is 82.1 cm³/mol. The second-order valence-electron chi connectivity index (χ2n) is 5.85. The molecule has 0 aliphatic heterocycles. The summed E-state index contributed by atoms with van der Waals surface area (Å²) in [6, 6.07) is 9.91. The van der Waals surface area contributed by atoms with E-state index in [2.05, 4.69) is 5.16 Å². The Morgan fingerprint density at radius 1 is 1.35 bits per heavy atom. The minimum absolute atomic E-state index is 0.161. The van der Waals surface area contributed by atoms with Gasteiger partial charge in [-0.05, 0) is 18.4 Å². The summed E-state index contributed by atoms with van der Waals surface area (Å²) in [5.41, 5.74) is 1.02. The first-order chi connectivity index (χ1) is 11.1. The van der Waals surface area contributed by atoms with Crippen molar-refractivity contribution in [3.63, 3.8) is 0 Å². The normalized spacial score (nSPS) is 15.2. The van der Waals surface area contributed by atoms with Crippen molar-refractivity contribution < 1.29 is 19.2 Å². The first-order valence-electron chi connectivity index (χ1n) is 7.56. The third kappa shape index (κ3) is 3.41. The van der Waals surface area contributed by atoms with Crippen molar-refractivity contribution in [3.05, 3.63) is 53.4 Å². The van der Waals surface area contributed by atoms with Crippen molar-refractivity contribution in [2.45, 2.75) is 31.2 Å². The van der Waals surface area contributed by atoms with Crippen LogP contribution in [0.25, 0.3) is 0 Å². The van der Waals surface area contributed by atoms with Gasteiger partial charge in [0.15, 0.2) is 5.69 Å². The number of amides is 1. The summed E-state index contributed by atoms with van der Waals surface area (Å²) in [6.45, 7) is 0. The van der Waals surface area contributed by atoms with Crippen LogP contribution in [0.1, 0.15) is 40.6 Å². The number of rotatable bonds is 6. The highest BCUT2D eigenvalue weighted by atomic mass is 16.5. The number of benzene rings is 1. The molecular formula is C17H18N2O4. The number of nitrogens with zero attached hydrogens (tertiary/aromatic N) is 2. The molecule has 1 aliphatic rings. The molecule has 0 spiro atoms. The molecule has 0 saturated heterocycles. The fourth-order valence-electron chi connectivity index (χ4n) is 2.50. The van der Waals surface area contributed by atoms with Crippen LogP contribution in [0.4, 0.5) is 0 Å². The molecule has 1 heterocycles. The Bertz CT molecular complexity index is 706. The topological polar surface area (TPSA) is 83.6 Å². The second-order valence-corrected chi connectivity index (χ2v) is 5.85. The highest BCUT2D eigenvalue weighted by Gasteiger charge is 2.32. The van der Waals surface area contributed by atoms with E-state index in [4.69, 9.17) is 4.52 Å². The van der Waals surface area contributed by atoms with Gasteiger partial charge in [-0.25, -0.2) is 4.79 Å². The van der Waals surface area contributed by atoms with Gasteiger partial charge in [0, 0.05) is 25.5 Å². The molecule has 1 N–H and O–H groups in total. The lowest BCUT2D eigenvalue weighted by molar-refractivity contribution is -0.141. The van der Waals surface area contributed by atoms with Crippen LogP contribution in [0.5, 0.6) is 0 Å². The SMILES string of the molecule is CN(C(=O)c1cc(C2CC2)on1)[C@H](Cc1ccccc1)C(=O)O. The summed E-state index contributed by atoms with van der Waals surface area (Å²) < 4.78 is 5.17. The Balaban J connectivity index is 1.75. The van der Waals surface area contributed by atoms with Gasteiger partial charge in [-0.15, -0.1) is 0 Å². The summed E-state index contributed by atoms with van der Waals surface area (Å²) in [4.78, 5) is 25.3. The van der Waals surface area contributed by atoms with E-state index in [0.29, 0.717) is 11.7 Å². The number of aromatic nitrogens is 1. The lowest BCUT2D eigenvalue weighted by atomic mass is 10.0. The van der Waals surface area contributed by atoms with E-state index in [1.807, 2.05) is 30.3 Å². The van der Waals surface area contributed by atoms with Gasteiger partial charge in [-0.2, -0.15) is 0 Å². The number of hydrogen-bond donors (Lipinski definition) is 1. The zero-order chi connectivity index (χ0) is 16.4. The maximum absolute atomic E-state index is 12.5. The Kier molecular flexibility index (Phi) is 4.14. The molecule has 1 aliphatic carbocycles. The highest BCUT2D eigenvalue weighted by Crippen LogP contribution is 2.40. The molecule has 3 rings (SSSR count). The molecular weight excluding hydrogens is 296 g/mol. The van der Waals surface area contributed by atoms with Gasteiger partial charge in [0.1, 0.15) is 11.8 Å². The zero-order valence-electron chi connectivity index (χ0n) is 12.8. The molecule has 23 heavy (non-hydrogen) atoms. The van der Waals surface area contributed by atoms with Crippen molar-refractivity contribution in [2.24, 2.45) is 0 Å². The molecule has 1 saturated carbocycles. The number of carbonyl (C=O) groups is 2. The smallest absolute Gasteiger partial charge is 0.326 e. The number of carbonyl (C=O) groups excluding carboxylic acids is 1. The first kappa shape index (κ1) is 15.3. The number of likely N-dealkylation sites (N-methyl/N-ethyl adjacent to an activating group) is 1. The fraction of sp³-hybridized carbons (Fsp3) is 0.353. The Morgan fingerprint density at radius 3 is 2.65 bits per heavy atom. The van der Waals surface area contributed by atoms with Crippen LogP contribution in [0, 0.1) is 0 Å². The molecule has 1 aromatic carbocycles. The van der Waals surface area contributed by atoms with Crippen molar-refractivity contribution in [3.8, 4) is 0 Å². The average molecular weight is 314 g/mol. The molecule has 120 valence electrons. The lowest BCUT2D eigenvalue weighted by Gasteiger charge is -2.24. The molecule has 2 aromatic rings. The van der Waals surface area contributed by atoms with Gasteiger partial charge in [0.25, 0.3) is 5.91 Å². The van der Waals surface area contributed by atoms with Crippen LogP contribution >= 0.6 is 0 Å².